The Bertz CT molecular complexity index is 2000. The van der Waals surface area contributed by atoms with E-state index in [9.17, 15) is 23.5 Å². The predicted octanol–water partition coefficient (Wildman–Crippen LogP) is 6.25. The maximum atomic E-state index is 16.4. The number of amides is 3. The summed E-state index contributed by atoms with van der Waals surface area (Å²) >= 11 is 6.50. The Morgan fingerprint density at radius 2 is 1.94 bits per heavy atom. The largest absolute Gasteiger partial charge is 0.465 e. The van der Waals surface area contributed by atoms with Crippen molar-refractivity contribution in [2.24, 2.45) is 10.4 Å². The fourth-order valence-electron chi connectivity index (χ4n) is 6.01. The summed E-state index contributed by atoms with van der Waals surface area (Å²) in [4.78, 5) is 49.7. The number of alkyl halides is 2. The van der Waals surface area contributed by atoms with E-state index in [4.69, 9.17) is 16.3 Å². The van der Waals surface area contributed by atoms with Crippen LogP contribution in [0.25, 0.3) is 22.5 Å². The zero-order chi connectivity index (χ0) is 36.7. The van der Waals surface area contributed by atoms with Gasteiger partial charge in [-0.2, -0.15) is 19.0 Å². The third kappa shape index (κ3) is 7.52. The molecule has 0 radical (unpaired) electrons. The van der Waals surface area contributed by atoms with Crippen LogP contribution in [0.1, 0.15) is 63.8 Å². The summed E-state index contributed by atoms with van der Waals surface area (Å²) in [6, 6.07) is 7.27. The van der Waals surface area contributed by atoms with Crippen molar-refractivity contribution in [3.05, 3.63) is 77.1 Å². The first kappa shape index (κ1) is 35.4. The standard InChI is InChI=1S/C33H33ClF3N9O5/c1-32(2,3)15-33(22-8-4-17(11-24(22)35)19-12-40-45(13-19)28(36)37)27(47)46(29(43-33)42-30(48)49)25(14-51-31(50)41-20-6-7-20)18-5-9-23(34)21(10-18)26-38-16-39-44-26/h4-5,8-13,16,20,25,28H,6-7,14-15H2,1-3H3,(H,41,50)(H,42,43)(H,48,49)(H,38,39,44)/t25-,33?/m1/s1. The molecule has 268 valence electrons. The number of hydrogen-bond donors (Lipinski definition) is 4. The highest BCUT2D eigenvalue weighted by Crippen LogP contribution is 2.46. The molecule has 3 heterocycles. The lowest BCUT2D eigenvalue weighted by Gasteiger charge is -2.35. The maximum absolute atomic E-state index is 16.4. The van der Waals surface area contributed by atoms with Gasteiger partial charge in [-0.1, -0.05) is 50.6 Å². The molecule has 1 fully saturated rings. The van der Waals surface area contributed by atoms with Crippen molar-refractivity contribution in [1.29, 1.82) is 0 Å². The summed E-state index contributed by atoms with van der Waals surface area (Å²) < 4.78 is 48.8. The lowest BCUT2D eigenvalue weighted by molar-refractivity contribution is -0.135. The number of aromatic amines is 1. The Hall–Kier alpha value is -5.45. The number of nitrogens with zero attached hydrogens (tertiary/aromatic N) is 6. The lowest BCUT2D eigenvalue weighted by Crippen LogP contribution is -2.49. The van der Waals surface area contributed by atoms with E-state index in [-0.39, 0.29) is 34.2 Å². The van der Waals surface area contributed by atoms with Crippen LogP contribution in [0.5, 0.6) is 0 Å². The van der Waals surface area contributed by atoms with Crippen LogP contribution >= 0.6 is 11.6 Å². The van der Waals surface area contributed by atoms with Gasteiger partial charge in [-0.15, -0.1) is 0 Å². The number of aliphatic imine (C=N–C) groups is 1. The van der Waals surface area contributed by atoms with E-state index in [1.807, 2.05) is 0 Å². The molecular weight excluding hydrogens is 695 g/mol. The molecule has 2 aromatic carbocycles. The molecule has 2 aliphatic rings. The van der Waals surface area contributed by atoms with Crippen LogP contribution in [0.3, 0.4) is 0 Å². The van der Waals surface area contributed by atoms with Gasteiger partial charge >= 0.3 is 18.7 Å². The van der Waals surface area contributed by atoms with Gasteiger partial charge in [0.15, 0.2) is 11.4 Å². The van der Waals surface area contributed by atoms with Crippen LogP contribution in [0.15, 0.2) is 60.1 Å². The van der Waals surface area contributed by atoms with Crippen LogP contribution in [0, 0.1) is 11.2 Å². The molecule has 51 heavy (non-hydrogen) atoms. The van der Waals surface area contributed by atoms with E-state index < -0.39 is 60.0 Å². The Labute approximate surface area is 294 Å². The Morgan fingerprint density at radius 3 is 2.55 bits per heavy atom. The van der Waals surface area contributed by atoms with Crippen molar-refractivity contribution in [2.45, 2.75) is 64.2 Å². The highest BCUT2D eigenvalue weighted by Gasteiger charge is 2.55. The monoisotopic (exact) mass is 727 g/mol. The number of halogens is 4. The number of benzene rings is 2. The van der Waals surface area contributed by atoms with Crippen LogP contribution in [0.4, 0.5) is 22.8 Å². The summed E-state index contributed by atoms with van der Waals surface area (Å²) in [6.45, 7) is 2.05. The third-order valence-corrected chi connectivity index (χ3v) is 8.61. The molecule has 0 spiro atoms. The van der Waals surface area contributed by atoms with Crippen LogP contribution < -0.4 is 10.6 Å². The molecule has 2 atom stereocenters. The molecule has 1 saturated carbocycles. The van der Waals surface area contributed by atoms with Gasteiger partial charge in [-0.05, 0) is 54.0 Å². The minimum absolute atomic E-state index is 0.0427. The zero-order valence-corrected chi connectivity index (χ0v) is 28.3. The second kappa shape index (κ2) is 13.7. The van der Waals surface area contributed by atoms with Crippen molar-refractivity contribution < 1.29 is 37.4 Å². The number of H-pyrrole nitrogens is 1. The first-order chi connectivity index (χ1) is 24.1. The first-order valence-corrected chi connectivity index (χ1v) is 16.2. The van der Waals surface area contributed by atoms with Crippen LogP contribution in [-0.4, -0.2) is 71.7 Å². The molecule has 18 heteroatoms. The van der Waals surface area contributed by atoms with Gasteiger partial charge in [-0.25, -0.2) is 28.6 Å². The molecule has 4 aromatic rings. The SMILES string of the molecule is CC(C)(C)CC1(c2ccc(-c3cnn(C(F)F)c3)cc2F)N=C(NC(=O)O)N([C@H](COC(=O)NC2CC2)c2ccc(Cl)c(-c3ncn[nH]3)c2)C1=O. The number of carboxylic acid groups (broad SMARTS) is 1. The van der Waals surface area contributed by atoms with E-state index in [0.29, 0.717) is 21.6 Å². The van der Waals surface area contributed by atoms with Crippen LogP contribution in [-0.2, 0) is 15.1 Å². The average molecular weight is 728 g/mol. The third-order valence-electron chi connectivity index (χ3n) is 8.28. The lowest BCUT2D eigenvalue weighted by atomic mass is 9.75. The summed E-state index contributed by atoms with van der Waals surface area (Å²) in [5.41, 5.74) is -1.77. The summed E-state index contributed by atoms with van der Waals surface area (Å²) in [5, 5.41) is 25.3. The van der Waals surface area contributed by atoms with Gasteiger partial charge in [0.25, 0.3) is 5.91 Å². The van der Waals surface area contributed by atoms with Crippen molar-refractivity contribution in [3.63, 3.8) is 0 Å². The number of guanidine groups is 1. The number of alkyl carbamates (subject to hydrolysis) is 1. The minimum Gasteiger partial charge on any atom is -0.465 e. The van der Waals surface area contributed by atoms with E-state index in [1.165, 1.54) is 24.5 Å². The molecule has 14 nitrogen and oxygen atoms in total. The van der Waals surface area contributed by atoms with E-state index in [2.05, 4.69) is 35.9 Å². The van der Waals surface area contributed by atoms with Crippen molar-refractivity contribution in [2.75, 3.05) is 6.61 Å². The number of ether oxygens (including phenoxy) is 1. The topological polar surface area (TPSA) is 180 Å². The quantitative estimate of drug-likeness (QED) is 0.148. The summed E-state index contributed by atoms with van der Waals surface area (Å²) in [6.07, 6.45) is 2.66. The van der Waals surface area contributed by atoms with E-state index in [1.54, 1.807) is 32.9 Å². The van der Waals surface area contributed by atoms with Gasteiger partial charge < -0.3 is 15.2 Å². The number of carbonyl (C=O) groups is 3. The highest BCUT2D eigenvalue weighted by molar-refractivity contribution is 6.33. The fraction of sp³-hybridized carbons (Fsp3) is 0.364. The van der Waals surface area contributed by atoms with Gasteiger partial charge in [0.1, 0.15) is 18.8 Å². The molecule has 6 rings (SSSR count). The average Bonchev–Trinajstić information content (AvgIpc) is 3.40. The molecular formula is C33H33ClF3N9O5. The summed E-state index contributed by atoms with van der Waals surface area (Å²) in [7, 11) is 0. The highest BCUT2D eigenvalue weighted by atomic mass is 35.5. The Morgan fingerprint density at radius 1 is 1.18 bits per heavy atom. The van der Waals surface area contributed by atoms with Crippen molar-refractivity contribution >= 4 is 35.7 Å². The maximum Gasteiger partial charge on any atom is 0.411 e. The zero-order valence-electron chi connectivity index (χ0n) is 27.5. The normalized spacial score (nSPS) is 18.2. The van der Waals surface area contributed by atoms with Crippen molar-refractivity contribution in [3.8, 4) is 22.5 Å². The number of aromatic nitrogens is 5. The number of hydrogen-bond acceptors (Lipinski definition) is 8. The van der Waals surface area contributed by atoms with Gasteiger partial charge in [0, 0.05) is 28.9 Å². The number of carbonyl (C=O) groups excluding carboxylic acids is 2. The Kier molecular flexibility index (Phi) is 9.50. The second-order valence-corrected chi connectivity index (χ2v) is 13.8. The molecule has 1 unspecified atom stereocenters. The molecule has 1 aliphatic carbocycles. The van der Waals surface area contributed by atoms with E-state index in [0.717, 1.165) is 36.2 Å². The molecule has 0 saturated heterocycles. The van der Waals surface area contributed by atoms with Gasteiger partial charge in [0.05, 0.1) is 17.3 Å². The molecule has 1 aliphatic heterocycles. The second-order valence-electron chi connectivity index (χ2n) is 13.4. The molecule has 0 bridgehead atoms. The molecule has 4 N–H and O–H groups in total. The fourth-order valence-corrected chi connectivity index (χ4v) is 6.21. The van der Waals surface area contributed by atoms with Crippen LogP contribution in [0.2, 0.25) is 5.02 Å². The van der Waals surface area contributed by atoms with Gasteiger partial charge in [0.2, 0.25) is 5.96 Å². The molecule has 2 aromatic heterocycles. The first-order valence-electron chi connectivity index (χ1n) is 15.8. The van der Waals surface area contributed by atoms with Gasteiger partial charge in [-0.3, -0.25) is 20.1 Å². The number of nitrogens with one attached hydrogen (secondary N) is 3. The van der Waals surface area contributed by atoms with E-state index >= 15 is 9.18 Å². The summed E-state index contributed by atoms with van der Waals surface area (Å²) in [5.74, 6) is -1.86. The predicted molar refractivity (Wildman–Crippen MR) is 177 cm³/mol. The van der Waals surface area contributed by atoms with Crippen molar-refractivity contribution in [1.82, 2.24) is 40.5 Å². The minimum atomic E-state index is -2.90. The smallest absolute Gasteiger partial charge is 0.411 e. The number of rotatable bonds is 10. The molecule has 3 amide bonds. The Balaban J connectivity index is 1.47.